The highest BCUT2D eigenvalue weighted by Crippen LogP contribution is 2.33. The Balaban J connectivity index is 1.59. The van der Waals surface area contributed by atoms with E-state index in [9.17, 15) is 0 Å². The number of hydrogen-bond acceptors (Lipinski definition) is 2. The van der Waals surface area contributed by atoms with Gasteiger partial charge in [-0.2, -0.15) is 0 Å². The van der Waals surface area contributed by atoms with E-state index >= 15 is 0 Å². The molecule has 3 aromatic carbocycles. The van der Waals surface area contributed by atoms with E-state index in [2.05, 4.69) is 107 Å². The summed E-state index contributed by atoms with van der Waals surface area (Å²) in [7, 11) is 0. The lowest BCUT2D eigenvalue weighted by Gasteiger charge is -2.48. The minimum absolute atomic E-state index is 0.436. The van der Waals surface area contributed by atoms with Crippen LogP contribution in [0.25, 0.3) is 10.8 Å². The molecule has 3 atom stereocenters. The van der Waals surface area contributed by atoms with Crippen molar-refractivity contribution in [3.05, 3.63) is 76.3 Å². The summed E-state index contributed by atoms with van der Waals surface area (Å²) in [5.41, 5.74) is 8.27. The fourth-order valence-corrected chi connectivity index (χ4v) is 5.11. The van der Waals surface area contributed by atoms with E-state index < -0.39 is 0 Å². The maximum atomic E-state index is 2.68. The zero-order chi connectivity index (χ0) is 21.6. The van der Waals surface area contributed by atoms with Crippen LogP contribution in [-0.4, -0.2) is 30.1 Å². The molecule has 158 valence electrons. The van der Waals surface area contributed by atoms with Gasteiger partial charge >= 0.3 is 0 Å². The first-order valence-electron chi connectivity index (χ1n) is 11.4. The van der Waals surface area contributed by atoms with Crippen molar-refractivity contribution in [2.45, 2.75) is 66.6 Å². The normalized spacial score (nSPS) is 21.2. The molecule has 0 amide bonds. The molecule has 1 heterocycles. The van der Waals surface area contributed by atoms with E-state index in [4.69, 9.17) is 0 Å². The molecule has 0 N–H and O–H groups in total. The maximum absolute atomic E-state index is 2.68. The first kappa shape index (κ1) is 20.9. The van der Waals surface area contributed by atoms with Crippen LogP contribution in [0.5, 0.6) is 0 Å². The van der Waals surface area contributed by atoms with Gasteiger partial charge in [0.05, 0.1) is 0 Å². The molecule has 0 radical (unpaired) electrons. The van der Waals surface area contributed by atoms with Gasteiger partial charge in [0.2, 0.25) is 0 Å². The van der Waals surface area contributed by atoms with Gasteiger partial charge in [0.15, 0.2) is 0 Å². The van der Waals surface area contributed by atoms with Crippen molar-refractivity contribution >= 4 is 16.5 Å². The summed E-state index contributed by atoms with van der Waals surface area (Å²) in [4.78, 5) is 5.29. The van der Waals surface area contributed by atoms with E-state index in [0.29, 0.717) is 18.1 Å². The lowest BCUT2D eigenvalue weighted by molar-refractivity contribution is 0.113. The Kier molecular flexibility index (Phi) is 5.63. The van der Waals surface area contributed by atoms with E-state index in [1.165, 1.54) is 44.3 Å². The molecule has 0 aliphatic carbocycles. The highest BCUT2D eigenvalue weighted by molar-refractivity contribution is 5.91. The number of rotatable bonds is 3. The van der Waals surface area contributed by atoms with Crippen molar-refractivity contribution in [2.24, 2.45) is 0 Å². The lowest BCUT2D eigenvalue weighted by Crippen LogP contribution is -2.57. The molecule has 0 aromatic heterocycles. The number of benzene rings is 3. The second-order valence-corrected chi connectivity index (χ2v) is 9.36. The maximum Gasteiger partial charge on any atom is 0.0415 e. The monoisotopic (exact) mass is 400 g/mol. The number of piperazine rings is 1. The van der Waals surface area contributed by atoms with Gasteiger partial charge in [-0.1, -0.05) is 36.4 Å². The first-order chi connectivity index (χ1) is 14.3. The van der Waals surface area contributed by atoms with Crippen LogP contribution < -0.4 is 4.90 Å². The molecular weight excluding hydrogens is 364 g/mol. The third kappa shape index (κ3) is 3.63. The molecule has 2 heteroatoms. The van der Waals surface area contributed by atoms with Crippen LogP contribution in [0.15, 0.2) is 48.5 Å². The Bertz CT molecular complexity index is 1070. The largest absolute Gasteiger partial charge is 0.366 e. The number of fused-ring (bicyclic) bond motifs is 1. The van der Waals surface area contributed by atoms with Gasteiger partial charge < -0.3 is 4.90 Å². The Morgan fingerprint density at radius 3 is 2.07 bits per heavy atom. The molecule has 2 nitrogen and oxygen atoms in total. The van der Waals surface area contributed by atoms with Gasteiger partial charge in [0.25, 0.3) is 0 Å². The quantitative estimate of drug-likeness (QED) is 0.481. The van der Waals surface area contributed by atoms with Crippen LogP contribution in [0.1, 0.15) is 54.6 Å². The number of anilines is 1. The van der Waals surface area contributed by atoms with Crippen LogP contribution in [0.2, 0.25) is 0 Å². The van der Waals surface area contributed by atoms with Gasteiger partial charge in [-0.05, 0) is 99.2 Å². The topological polar surface area (TPSA) is 6.48 Å². The average molecular weight is 401 g/mol. The Hall–Kier alpha value is -2.32. The third-order valence-corrected chi connectivity index (χ3v) is 7.59. The molecule has 30 heavy (non-hydrogen) atoms. The fraction of sp³-hybridized carbons (Fsp3) is 0.429. The fourth-order valence-electron chi connectivity index (χ4n) is 5.11. The van der Waals surface area contributed by atoms with Gasteiger partial charge in [-0.3, -0.25) is 4.90 Å². The second-order valence-electron chi connectivity index (χ2n) is 9.36. The van der Waals surface area contributed by atoms with E-state index in [0.717, 1.165) is 13.1 Å². The summed E-state index contributed by atoms with van der Waals surface area (Å²) in [6.45, 7) is 18.1. The van der Waals surface area contributed by atoms with Crippen LogP contribution in [-0.2, 0) is 0 Å². The van der Waals surface area contributed by atoms with Crippen molar-refractivity contribution in [1.82, 2.24) is 4.90 Å². The van der Waals surface area contributed by atoms with Crippen LogP contribution in [0.3, 0.4) is 0 Å². The van der Waals surface area contributed by atoms with Gasteiger partial charge in [-0.15, -0.1) is 0 Å². The Morgan fingerprint density at radius 2 is 1.37 bits per heavy atom. The molecule has 1 aliphatic rings. The molecule has 3 unspecified atom stereocenters. The van der Waals surface area contributed by atoms with Gasteiger partial charge in [0, 0.05) is 36.9 Å². The predicted octanol–water partition coefficient (Wildman–Crippen LogP) is 6.73. The van der Waals surface area contributed by atoms with E-state index in [1.54, 1.807) is 0 Å². The standard InChI is InChI=1S/C28H36N2/c1-18-10-11-25(16-21(18)4)24(7)29-14-15-30(23(6)22(29)5)26-12-13-27-19(2)8-9-20(3)28(27)17-26/h8-13,16-17,22-24H,14-15H2,1-7H3. The molecular formula is C28H36N2. The summed E-state index contributed by atoms with van der Waals surface area (Å²) in [6, 6.07) is 19.9. The SMILES string of the molecule is Cc1ccc(C(C)N2CCN(c3ccc4c(C)ccc(C)c4c3)C(C)C2C)cc1C. The number of nitrogens with zero attached hydrogens (tertiary/aromatic N) is 2. The van der Waals surface area contributed by atoms with Crippen LogP contribution in [0.4, 0.5) is 5.69 Å². The predicted molar refractivity (Wildman–Crippen MR) is 131 cm³/mol. The van der Waals surface area contributed by atoms with Crippen molar-refractivity contribution in [2.75, 3.05) is 18.0 Å². The summed E-state index contributed by atoms with van der Waals surface area (Å²) in [5.74, 6) is 0. The molecule has 4 rings (SSSR count). The van der Waals surface area contributed by atoms with Crippen molar-refractivity contribution < 1.29 is 0 Å². The van der Waals surface area contributed by atoms with E-state index in [-0.39, 0.29) is 0 Å². The summed E-state index contributed by atoms with van der Waals surface area (Å²) >= 11 is 0. The van der Waals surface area contributed by atoms with Crippen LogP contribution in [0, 0.1) is 27.7 Å². The highest BCUT2D eigenvalue weighted by Gasteiger charge is 2.33. The molecule has 1 fully saturated rings. The zero-order valence-electron chi connectivity index (χ0n) is 19.7. The zero-order valence-corrected chi connectivity index (χ0v) is 19.7. The summed E-state index contributed by atoms with van der Waals surface area (Å²) in [5, 5.41) is 2.76. The third-order valence-electron chi connectivity index (χ3n) is 7.59. The molecule has 0 spiro atoms. The molecule has 0 saturated carbocycles. The molecule has 1 aliphatic heterocycles. The van der Waals surface area contributed by atoms with Crippen molar-refractivity contribution in [1.29, 1.82) is 0 Å². The molecule has 1 saturated heterocycles. The van der Waals surface area contributed by atoms with Gasteiger partial charge in [-0.25, -0.2) is 0 Å². The summed E-state index contributed by atoms with van der Waals surface area (Å²) < 4.78 is 0. The van der Waals surface area contributed by atoms with E-state index in [1.807, 2.05) is 0 Å². The molecule has 3 aromatic rings. The lowest BCUT2D eigenvalue weighted by atomic mass is 9.95. The Morgan fingerprint density at radius 1 is 0.700 bits per heavy atom. The Labute approximate surface area is 182 Å². The van der Waals surface area contributed by atoms with Crippen molar-refractivity contribution in [3.63, 3.8) is 0 Å². The van der Waals surface area contributed by atoms with Crippen LogP contribution >= 0.6 is 0 Å². The smallest absolute Gasteiger partial charge is 0.0415 e. The first-order valence-corrected chi connectivity index (χ1v) is 11.4. The average Bonchev–Trinajstić information content (AvgIpc) is 2.74. The van der Waals surface area contributed by atoms with Crippen molar-refractivity contribution in [3.8, 4) is 0 Å². The molecule has 0 bridgehead atoms. The second kappa shape index (κ2) is 8.07. The minimum Gasteiger partial charge on any atom is -0.366 e. The number of aryl methyl sites for hydroxylation is 4. The highest BCUT2D eigenvalue weighted by atomic mass is 15.3. The summed E-state index contributed by atoms with van der Waals surface area (Å²) in [6.07, 6.45) is 0. The minimum atomic E-state index is 0.436. The van der Waals surface area contributed by atoms with Gasteiger partial charge in [0.1, 0.15) is 0 Å². The number of hydrogen-bond donors (Lipinski definition) is 0.